The van der Waals surface area contributed by atoms with Crippen molar-refractivity contribution in [3.05, 3.63) is 59.5 Å². The summed E-state index contributed by atoms with van der Waals surface area (Å²) >= 11 is 0. The number of benzene rings is 1. The Kier molecular flexibility index (Phi) is 6.79. The molecule has 0 aliphatic carbocycles. The van der Waals surface area contributed by atoms with Gasteiger partial charge >= 0.3 is 18.0 Å². The molecule has 1 amide bonds. The summed E-state index contributed by atoms with van der Waals surface area (Å²) in [5.74, 6) is -0.441. The fourth-order valence-corrected chi connectivity index (χ4v) is 4.14. The lowest BCUT2D eigenvalue weighted by molar-refractivity contribution is -0.138. The summed E-state index contributed by atoms with van der Waals surface area (Å²) < 4.78 is 49.2. The average molecular weight is 568 g/mol. The van der Waals surface area contributed by atoms with Crippen LogP contribution in [0.2, 0.25) is 0 Å². The normalized spacial score (nSPS) is 12.4. The van der Waals surface area contributed by atoms with Crippen molar-refractivity contribution in [2.45, 2.75) is 58.8 Å². The van der Waals surface area contributed by atoms with Crippen LogP contribution in [0.25, 0.3) is 33.8 Å². The molecule has 0 bridgehead atoms. The first kappa shape index (κ1) is 27.8. The minimum atomic E-state index is -4.69. The number of halogens is 3. The number of fused-ring (bicyclic) bond motifs is 1. The molecule has 0 saturated heterocycles. The number of nitrogens with zero attached hydrogens (tertiary/aromatic N) is 6. The predicted octanol–water partition coefficient (Wildman–Crippen LogP) is 5.28. The summed E-state index contributed by atoms with van der Waals surface area (Å²) in [5, 5.41) is 10.7. The van der Waals surface area contributed by atoms with E-state index in [4.69, 9.17) is 10.3 Å². The monoisotopic (exact) mass is 567 g/mol. The molecule has 214 valence electrons. The van der Waals surface area contributed by atoms with Crippen LogP contribution < -0.4 is 11.1 Å². The fourth-order valence-electron chi connectivity index (χ4n) is 4.14. The van der Waals surface area contributed by atoms with Gasteiger partial charge in [-0.2, -0.15) is 23.3 Å². The Morgan fingerprint density at radius 2 is 1.93 bits per heavy atom. The van der Waals surface area contributed by atoms with Gasteiger partial charge in [-0.1, -0.05) is 38.1 Å². The number of rotatable bonds is 6. The molecule has 0 fully saturated rings. The molecule has 41 heavy (non-hydrogen) atoms. The first-order chi connectivity index (χ1) is 19.2. The van der Waals surface area contributed by atoms with E-state index >= 15 is 0 Å². The Bertz CT molecular complexity index is 1740. The van der Waals surface area contributed by atoms with E-state index in [1.54, 1.807) is 16.9 Å². The number of aromatic nitrogens is 7. The molecule has 0 aliphatic rings. The largest absolute Gasteiger partial charge is 0.416 e. The lowest BCUT2D eigenvalue weighted by Crippen LogP contribution is -2.25. The fraction of sp³-hybridized carbons (Fsp3) is 0.333. The van der Waals surface area contributed by atoms with E-state index in [0.29, 0.717) is 39.8 Å². The zero-order valence-corrected chi connectivity index (χ0v) is 23.0. The Balaban J connectivity index is 1.46. The summed E-state index contributed by atoms with van der Waals surface area (Å²) in [6, 6.07) is 5.53. The van der Waals surface area contributed by atoms with Gasteiger partial charge in [0, 0.05) is 36.0 Å². The van der Waals surface area contributed by atoms with Crippen LogP contribution in [0.5, 0.6) is 0 Å². The van der Waals surface area contributed by atoms with Gasteiger partial charge in [0.05, 0.1) is 11.3 Å². The van der Waals surface area contributed by atoms with Crippen molar-refractivity contribution < 1.29 is 22.5 Å². The Morgan fingerprint density at radius 3 is 2.56 bits per heavy atom. The highest BCUT2D eigenvalue weighted by atomic mass is 19.4. The second-order valence-electron chi connectivity index (χ2n) is 10.9. The molecule has 5 rings (SSSR count). The van der Waals surface area contributed by atoms with Gasteiger partial charge in [0.2, 0.25) is 0 Å². The maximum Gasteiger partial charge on any atom is 0.416 e. The number of carbonyl (C=O) groups is 1. The molecule has 0 atom stereocenters. The summed E-state index contributed by atoms with van der Waals surface area (Å²) in [6.07, 6.45) is -1.52. The Morgan fingerprint density at radius 1 is 1.17 bits per heavy atom. The van der Waals surface area contributed by atoms with Crippen molar-refractivity contribution in [2.75, 3.05) is 5.73 Å². The molecule has 0 saturated carbocycles. The van der Waals surface area contributed by atoms with Crippen LogP contribution in [-0.4, -0.2) is 40.8 Å². The number of nitrogens with one attached hydrogen (secondary N) is 2. The van der Waals surface area contributed by atoms with Gasteiger partial charge < -0.3 is 20.6 Å². The molecule has 4 N–H and O–H groups in total. The average Bonchev–Trinajstić information content (AvgIpc) is 3.64. The van der Waals surface area contributed by atoms with Crippen LogP contribution in [0.1, 0.15) is 68.3 Å². The van der Waals surface area contributed by atoms with E-state index in [0.717, 1.165) is 6.07 Å². The number of hydrogen-bond acceptors (Lipinski definition) is 8. The predicted molar refractivity (Wildman–Crippen MR) is 145 cm³/mol. The molecule has 14 heteroatoms. The van der Waals surface area contributed by atoms with E-state index in [-0.39, 0.29) is 23.1 Å². The van der Waals surface area contributed by atoms with Gasteiger partial charge in [0.25, 0.3) is 0 Å². The van der Waals surface area contributed by atoms with Gasteiger partial charge in [-0.3, -0.25) is 9.48 Å². The highest BCUT2D eigenvalue weighted by Gasteiger charge is 2.34. The summed E-state index contributed by atoms with van der Waals surface area (Å²) in [7, 11) is 0. The molecular formula is C27H28F3N9O2. The molecular weight excluding hydrogens is 539 g/mol. The number of H-pyrrole nitrogens is 1. The van der Waals surface area contributed by atoms with E-state index in [9.17, 15) is 18.0 Å². The molecule has 1 aromatic carbocycles. The first-order valence-corrected chi connectivity index (χ1v) is 12.7. The summed E-state index contributed by atoms with van der Waals surface area (Å²) in [4.78, 5) is 28.5. The van der Waals surface area contributed by atoms with Gasteiger partial charge in [-0.05, 0) is 37.1 Å². The molecule has 11 nitrogen and oxygen atoms in total. The van der Waals surface area contributed by atoms with Gasteiger partial charge in [0.15, 0.2) is 23.0 Å². The molecule has 0 aliphatic heterocycles. The highest BCUT2D eigenvalue weighted by Crippen LogP contribution is 2.37. The standard InChI is InChI=1S/C27H28F3N9O2/c1-13(2)39-12-18(31)20(37-39)22-34-19-16(8-9-32-21(19)35-22)14-6-7-15(17(10-14)27(28,29)30)11-33-23(40)24-36-25(38-41-24)26(3,4)5/h6-10,12-13H,11,31H2,1-5H3,(H,33,40)(H,32,34,35). The quantitative estimate of drug-likeness (QED) is 0.250. The van der Waals surface area contributed by atoms with E-state index in [1.807, 2.05) is 34.6 Å². The number of alkyl halides is 3. The van der Waals surface area contributed by atoms with E-state index < -0.39 is 29.6 Å². The summed E-state index contributed by atoms with van der Waals surface area (Å²) in [6.45, 7) is 9.02. The van der Waals surface area contributed by atoms with Crippen molar-refractivity contribution in [3.63, 3.8) is 0 Å². The lowest BCUT2D eigenvalue weighted by Gasteiger charge is -2.15. The van der Waals surface area contributed by atoms with Crippen molar-refractivity contribution in [2.24, 2.45) is 0 Å². The third-order valence-electron chi connectivity index (χ3n) is 6.36. The number of pyridine rings is 1. The molecule has 4 heterocycles. The van der Waals surface area contributed by atoms with Crippen LogP contribution in [0.3, 0.4) is 0 Å². The van der Waals surface area contributed by atoms with Gasteiger partial charge in [-0.25, -0.2) is 9.97 Å². The molecule has 0 radical (unpaired) electrons. The number of hydrogen-bond donors (Lipinski definition) is 3. The zero-order valence-electron chi connectivity index (χ0n) is 23.0. The molecule has 5 aromatic rings. The van der Waals surface area contributed by atoms with Crippen LogP contribution in [0, 0.1) is 0 Å². The van der Waals surface area contributed by atoms with Crippen LogP contribution >= 0.6 is 0 Å². The maximum atomic E-state index is 14.2. The highest BCUT2D eigenvalue weighted by molar-refractivity contribution is 5.92. The third-order valence-corrected chi connectivity index (χ3v) is 6.36. The summed E-state index contributed by atoms with van der Waals surface area (Å²) in [5.41, 5.74) is 6.89. The number of aromatic amines is 1. The van der Waals surface area contributed by atoms with E-state index in [1.165, 1.54) is 18.3 Å². The zero-order chi connectivity index (χ0) is 29.7. The topological polar surface area (TPSA) is 153 Å². The second-order valence-corrected chi connectivity index (χ2v) is 10.9. The number of imidazole rings is 1. The molecule has 0 spiro atoms. The van der Waals surface area contributed by atoms with Gasteiger partial charge in [0.1, 0.15) is 5.52 Å². The molecule has 0 unspecified atom stereocenters. The van der Waals surface area contributed by atoms with Crippen molar-refractivity contribution in [1.29, 1.82) is 0 Å². The van der Waals surface area contributed by atoms with Crippen LogP contribution in [0.4, 0.5) is 18.9 Å². The Labute approximate surface area is 232 Å². The van der Waals surface area contributed by atoms with E-state index in [2.05, 4.69) is 35.5 Å². The van der Waals surface area contributed by atoms with Crippen LogP contribution in [-0.2, 0) is 18.1 Å². The molecule has 4 aromatic heterocycles. The Hall–Kier alpha value is -4.75. The number of anilines is 1. The third kappa shape index (κ3) is 5.49. The number of nitrogen functional groups attached to an aromatic ring is 1. The number of nitrogens with two attached hydrogens (primary N) is 1. The number of carbonyl (C=O) groups excluding carboxylic acids is 1. The second kappa shape index (κ2) is 10.0. The SMILES string of the molecule is CC(C)n1cc(N)c(-c2nc3c(-c4ccc(CNC(=O)c5nc(C(C)(C)C)no5)c(C(F)(F)F)c4)ccnc3[nH]2)n1. The minimum Gasteiger partial charge on any atom is -0.396 e. The van der Waals surface area contributed by atoms with Crippen molar-refractivity contribution >= 4 is 22.8 Å². The van der Waals surface area contributed by atoms with Crippen molar-refractivity contribution in [1.82, 2.24) is 40.2 Å². The lowest BCUT2D eigenvalue weighted by atomic mass is 9.96. The first-order valence-electron chi connectivity index (χ1n) is 12.7. The minimum absolute atomic E-state index is 0.0705. The smallest absolute Gasteiger partial charge is 0.396 e. The van der Waals surface area contributed by atoms with Crippen LogP contribution in [0.15, 0.2) is 41.2 Å². The number of amides is 1. The van der Waals surface area contributed by atoms with Gasteiger partial charge in [-0.15, -0.1) is 0 Å². The van der Waals surface area contributed by atoms with Crippen molar-refractivity contribution in [3.8, 4) is 22.6 Å². The maximum absolute atomic E-state index is 14.2.